The third-order valence-electron chi connectivity index (χ3n) is 3.61. The number of aromatic carboxylic acids is 1. The molecule has 0 aliphatic carbocycles. The lowest BCUT2D eigenvalue weighted by molar-refractivity contribution is 0.0697. The number of carboxylic acid groups (broad SMARTS) is 1. The van der Waals surface area contributed by atoms with E-state index < -0.39 is 5.97 Å². The largest absolute Gasteiger partial charge is 0.478 e. The Morgan fingerprint density at radius 3 is 2.59 bits per heavy atom. The summed E-state index contributed by atoms with van der Waals surface area (Å²) in [6, 6.07) is 12.8. The minimum atomic E-state index is -0.918. The molecule has 0 saturated heterocycles. The maximum absolute atomic E-state index is 10.9. The second-order valence-electron chi connectivity index (χ2n) is 5.18. The van der Waals surface area contributed by atoms with Crippen molar-refractivity contribution in [3.8, 4) is 17.1 Å². The molecule has 5 heteroatoms. The van der Waals surface area contributed by atoms with E-state index in [1.54, 1.807) is 24.3 Å². The standard InChI is InChI=1S/C17H17N3O2/c1-3-14-10-11(2)19-20(14)16-9-8-15(18-16)12-4-6-13(7-5-12)17(21)22/h4-10,18H,3H2,1-2H3,(H,21,22). The van der Waals surface area contributed by atoms with Crippen LogP contribution >= 0.6 is 0 Å². The highest BCUT2D eigenvalue weighted by atomic mass is 16.4. The molecule has 2 heterocycles. The molecule has 3 rings (SSSR count). The molecule has 0 radical (unpaired) electrons. The zero-order valence-corrected chi connectivity index (χ0v) is 12.5. The molecule has 0 saturated carbocycles. The molecule has 22 heavy (non-hydrogen) atoms. The van der Waals surface area contributed by atoms with Crippen molar-refractivity contribution in [2.75, 3.05) is 0 Å². The van der Waals surface area contributed by atoms with Gasteiger partial charge in [-0.15, -0.1) is 0 Å². The summed E-state index contributed by atoms with van der Waals surface area (Å²) in [5, 5.41) is 13.4. The predicted octanol–water partition coefficient (Wildman–Crippen LogP) is 3.44. The maximum atomic E-state index is 10.9. The van der Waals surface area contributed by atoms with Crippen molar-refractivity contribution in [3.05, 3.63) is 59.4 Å². The number of hydrogen-bond acceptors (Lipinski definition) is 2. The molecular weight excluding hydrogens is 278 g/mol. The van der Waals surface area contributed by atoms with E-state index in [-0.39, 0.29) is 5.56 Å². The van der Waals surface area contributed by atoms with Crippen molar-refractivity contribution >= 4 is 5.97 Å². The van der Waals surface area contributed by atoms with E-state index in [4.69, 9.17) is 5.11 Å². The zero-order valence-electron chi connectivity index (χ0n) is 12.5. The number of benzene rings is 1. The molecule has 0 unspecified atom stereocenters. The summed E-state index contributed by atoms with van der Waals surface area (Å²) in [5.41, 5.74) is 4.29. The van der Waals surface area contributed by atoms with Crippen LogP contribution in [0.25, 0.3) is 17.1 Å². The van der Waals surface area contributed by atoms with Crippen molar-refractivity contribution in [2.45, 2.75) is 20.3 Å². The highest BCUT2D eigenvalue weighted by Gasteiger charge is 2.09. The molecule has 3 aromatic rings. The van der Waals surface area contributed by atoms with E-state index in [1.165, 1.54) is 0 Å². The van der Waals surface area contributed by atoms with Crippen LogP contribution in [0.5, 0.6) is 0 Å². The van der Waals surface area contributed by atoms with Gasteiger partial charge in [-0.1, -0.05) is 19.1 Å². The molecule has 0 bridgehead atoms. The molecule has 1 aromatic carbocycles. The number of carbonyl (C=O) groups is 1. The van der Waals surface area contributed by atoms with Crippen LogP contribution in [0.1, 0.15) is 28.7 Å². The number of nitrogens with one attached hydrogen (secondary N) is 1. The third-order valence-corrected chi connectivity index (χ3v) is 3.61. The first kappa shape index (κ1) is 14.1. The fourth-order valence-corrected chi connectivity index (χ4v) is 2.48. The van der Waals surface area contributed by atoms with Gasteiger partial charge in [0.2, 0.25) is 0 Å². The monoisotopic (exact) mass is 295 g/mol. The number of nitrogens with zero attached hydrogens (tertiary/aromatic N) is 2. The molecule has 5 nitrogen and oxygen atoms in total. The van der Waals surface area contributed by atoms with Crippen LogP contribution in [0.3, 0.4) is 0 Å². The minimum absolute atomic E-state index is 0.284. The number of carboxylic acids is 1. The quantitative estimate of drug-likeness (QED) is 0.774. The topological polar surface area (TPSA) is 70.9 Å². The first-order valence-corrected chi connectivity index (χ1v) is 7.17. The average molecular weight is 295 g/mol. The van der Waals surface area contributed by atoms with Crippen LogP contribution < -0.4 is 0 Å². The summed E-state index contributed by atoms with van der Waals surface area (Å²) in [6.07, 6.45) is 0.905. The first-order chi connectivity index (χ1) is 10.6. The highest BCUT2D eigenvalue weighted by molar-refractivity contribution is 5.88. The van der Waals surface area contributed by atoms with Crippen LogP contribution in [-0.4, -0.2) is 25.8 Å². The first-order valence-electron chi connectivity index (χ1n) is 7.17. The van der Waals surface area contributed by atoms with E-state index >= 15 is 0 Å². The minimum Gasteiger partial charge on any atom is -0.478 e. The van der Waals surface area contributed by atoms with Gasteiger partial charge in [-0.3, -0.25) is 0 Å². The Bertz CT molecular complexity index is 813. The average Bonchev–Trinajstić information content (AvgIpc) is 3.13. The van der Waals surface area contributed by atoms with Crippen molar-refractivity contribution in [1.29, 1.82) is 0 Å². The summed E-state index contributed by atoms with van der Waals surface area (Å²) in [4.78, 5) is 14.2. The fraction of sp³-hybridized carbons (Fsp3) is 0.176. The molecule has 112 valence electrons. The number of rotatable bonds is 4. The van der Waals surface area contributed by atoms with Gasteiger partial charge in [0.25, 0.3) is 0 Å². The Balaban J connectivity index is 1.94. The Labute approximate surface area is 128 Å². The van der Waals surface area contributed by atoms with Gasteiger partial charge in [0, 0.05) is 11.4 Å². The molecule has 2 aromatic heterocycles. The zero-order chi connectivity index (χ0) is 15.7. The Hall–Kier alpha value is -2.82. The van der Waals surface area contributed by atoms with E-state index in [0.29, 0.717) is 0 Å². The SMILES string of the molecule is CCc1cc(C)nn1-c1ccc(-c2ccc(C(=O)O)cc2)[nH]1. The number of aromatic nitrogens is 3. The van der Waals surface area contributed by atoms with Gasteiger partial charge in [-0.25, -0.2) is 9.48 Å². The lowest BCUT2D eigenvalue weighted by Crippen LogP contribution is -2.01. The lowest BCUT2D eigenvalue weighted by Gasteiger charge is -2.03. The van der Waals surface area contributed by atoms with Gasteiger partial charge < -0.3 is 10.1 Å². The van der Waals surface area contributed by atoms with E-state index in [0.717, 1.165) is 34.9 Å². The van der Waals surface area contributed by atoms with Gasteiger partial charge in [0.15, 0.2) is 0 Å². The number of H-pyrrole nitrogens is 1. The van der Waals surface area contributed by atoms with Gasteiger partial charge in [-0.2, -0.15) is 5.10 Å². The second kappa shape index (κ2) is 5.52. The Morgan fingerprint density at radius 1 is 1.23 bits per heavy atom. The number of aromatic amines is 1. The lowest BCUT2D eigenvalue weighted by atomic mass is 10.1. The summed E-state index contributed by atoms with van der Waals surface area (Å²) in [7, 11) is 0. The molecule has 0 spiro atoms. The van der Waals surface area contributed by atoms with Gasteiger partial charge in [-0.05, 0) is 49.2 Å². The van der Waals surface area contributed by atoms with Crippen molar-refractivity contribution < 1.29 is 9.90 Å². The summed E-state index contributed by atoms with van der Waals surface area (Å²) >= 11 is 0. The van der Waals surface area contributed by atoms with Crippen LogP contribution in [0.4, 0.5) is 0 Å². The van der Waals surface area contributed by atoms with Crippen LogP contribution in [0.15, 0.2) is 42.5 Å². The van der Waals surface area contributed by atoms with E-state index in [1.807, 2.05) is 23.7 Å². The van der Waals surface area contributed by atoms with E-state index in [2.05, 4.69) is 23.1 Å². The maximum Gasteiger partial charge on any atom is 0.335 e. The molecule has 0 atom stereocenters. The summed E-state index contributed by atoms with van der Waals surface area (Å²) < 4.78 is 1.91. The van der Waals surface area contributed by atoms with Gasteiger partial charge >= 0.3 is 5.97 Å². The molecular formula is C17H17N3O2. The summed E-state index contributed by atoms with van der Waals surface area (Å²) in [5.74, 6) is -0.0133. The Kier molecular flexibility index (Phi) is 3.55. The van der Waals surface area contributed by atoms with Crippen LogP contribution in [0, 0.1) is 6.92 Å². The molecule has 0 aliphatic heterocycles. The smallest absolute Gasteiger partial charge is 0.335 e. The molecule has 0 amide bonds. The normalized spacial score (nSPS) is 10.8. The molecule has 0 fully saturated rings. The number of hydrogen-bond donors (Lipinski definition) is 2. The van der Waals surface area contributed by atoms with Crippen LogP contribution in [-0.2, 0) is 6.42 Å². The van der Waals surface area contributed by atoms with Crippen molar-refractivity contribution in [3.63, 3.8) is 0 Å². The number of aryl methyl sites for hydroxylation is 2. The second-order valence-corrected chi connectivity index (χ2v) is 5.18. The molecule has 0 aliphatic rings. The molecule has 2 N–H and O–H groups in total. The van der Waals surface area contributed by atoms with Crippen molar-refractivity contribution in [2.24, 2.45) is 0 Å². The Morgan fingerprint density at radius 2 is 1.95 bits per heavy atom. The van der Waals surface area contributed by atoms with E-state index in [9.17, 15) is 4.79 Å². The summed E-state index contributed by atoms with van der Waals surface area (Å²) in [6.45, 7) is 4.07. The van der Waals surface area contributed by atoms with Crippen molar-refractivity contribution in [1.82, 2.24) is 14.8 Å². The van der Waals surface area contributed by atoms with Gasteiger partial charge in [0.1, 0.15) is 5.82 Å². The highest BCUT2D eigenvalue weighted by Crippen LogP contribution is 2.21. The third kappa shape index (κ3) is 2.53. The van der Waals surface area contributed by atoms with Gasteiger partial charge in [0.05, 0.1) is 11.3 Å². The predicted molar refractivity (Wildman–Crippen MR) is 84.4 cm³/mol. The van der Waals surface area contributed by atoms with Crippen LogP contribution in [0.2, 0.25) is 0 Å². The fourth-order valence-electron chi connectivity index (χ4n) is 2.48.